The smallest absolute Gasteiger partial charge is 0.243 e. The van der Waals surface area contributed by atoms with E-state index in [2.05, 4.69) is 15.9 Å². The Labute approximate surface area is 127 Å². The predicted octanol–water partition coefficient (Wildman–Crippen LogP) is 1.64. The highest BCUT2D eigenvalue weighted by Crippen LogP contribution is 2.33. The molecule has 0 bridgehead atoms. The zero-order chi connectivity index (χ0) is 15.1. The number of nitrogens with zero attached hydrogens (tertiary/aromatic N) is 1. The molecular weight excluding hydrogens is 344 g/mol. The normalized spacial score (nSPS) is 23.9. The standard InChI is InChI=1S/C13H17BrN2O3S/c1-9-7-10(3-4-11(9)14)20(18,19)16-6-5-13(2,8-16)12(15)17/h3-4,7H,5-6,8H2,1-2H3,(H2,15,17). The Kier molecular flexibility index (Phi) is 3.96. The quantitative estimate of drug-likeness (QED) is 0.889. The van der Waals surface area contributed by atoms with Gasteiger partial charge in [-0.15, -0.1) is 0 Å². The molecule has 1 aromatic carbocycles. The molecular formula is C13H17BrN2O3S. The van der Waals surface area contributed by atoms with Gasteiger partial charge >= 0.3 is 0 Å². The van der Waals surface area contributed by atoms with Crippen LogP contribution >= 0.6 is 15.9 Å². The van der Waals surface area contributed by atoms with E-state index in [-0.39, 0.29) is 11.4 Å². The van der Waals surface area contributed by atoms with Gasteiger partial charge in [0.05, 0.1) is 10.3 Å². The Balaban J connectivity index is 2.33. The minimum Gasteiger partial charge on any atom is -0.369 e. The van der Waals surface area contributed by atoms with E-state index < -0.39 is 21.3 Å². The minimum absolute atomic E-state index is 0.139. The van der Waals surface area contributed by atoms with E-state index in [1.165, 1.54) is 4.31 Å². The Hall–Kier alpha value is -0.920. The van der Waals surface area contributed by atoms with Gasteiger partial charge in [-0.25, -0.2) is 8.42 Å². The first-order valence-electron chi connectivity index (χ1n) is 6.23. The fourth-order valence-corrected chi connectivity index (χ4v) is 4.15. The number of nitrogens with two attached hydrogens (primary N) is 1. The summed E-state index contributed by atoms with van der Waals surface area (Å²) in [6, 6.07) is 4.90. The van der Waals surface area contributed by atoms with Crippen LogP contribution < -0.4 is 5.73 Å². The molecule has 0 aromatic heterocycles. The molecule has 1 unspecified atom stereocenters. The Morgan fingerprint density at radius 1 is 1.45 bits per heavy atom. The minimum atomic E-state index is -3.58. The summed E-state index contributed by atoms with van der Waals surface area (Å²) in [6.45, 7) is 3.99. The zero-order valence-electron chi connectivity index (χ0n) is 11.4. The van der Waals surface area contributed by atoms with Gasteiger partial charge in [0.1, 0.15) is 0 Å². The van der Waals surface area contributed by atoms with Crippen molar-refractivity contribution < 1.29 is 13.2 Å². The summed E-state index contributed by atoms with van der Waals surface area (Å²) in [5, 5.41) is 0. The highest BCUT2D eigenvalue weighted by molar-refractivity contribution is 9.10. The monoisotopic (exact) mass is 360 g/mol. The lowest BCUT2D eigenvalue weighted by Crippen LogP contribution is -2.38. The molecule has 7 heteroatoms. The van der Waals surface area contributed by atoms with Crippen molar-refractivity contribution in [1.29, 1.82) is 0 Å². The number of benzene rings is 1. The Bertz CT molecular complexity index is 660. The lowest BCUT2D eigenvalue weighted by molar-refractivity contribution is -0.126. The van der Waals surface area contributed by atoms with Crippen molar-refractivity contribution in [3.05, 3.63) is 28.2 Å². The summed E-state index contributed by atoms with van der Waals surface area (Å²) in [6.07, 6.45) is 0.455. The maximum Gasteiger partial charge on any atom is 0.243 e. The van der Waals surface area contributed by atoms with E-state index in [9.17, 15) is 13.2 Å². The molecule has 1 fully saturated rings. The third-order valence-corrected chi connectivity index (χ3v) is 6.53. The van der Waals surface area contributed by atoms with Crippen molar-refractivity contribution in [1.82, 2.24) is 4.31 Å². The van der Waals surface area contributed by atoms with E-state index in [1.54, 1.807) is 25.1 Å². The number of carbonyl (C=O) groups excluding carboxylic acids is 1. The first kappa shape index (κ1) is 15.5. The molecule has 2 N–H and O–H groups in total. The Morgan fingerprint density at radius 2 is 2.10 bits per heavy atom. The number of carbonyl (C=O) groups is 1. The number of primary amides is 1. The van der Waals surface area contributed by atoms with Gasteiger partial charge in [0.2, 0.25) is 15.9 Å². The summed E-state index contributed by atoms with van der Waals surface area (Å²) in [5.41, 5.74) is 5.42. The van der Waals surface area contributed by atoms with Crippen LogP contribution in [-0.2, 0) is 14.8 Å². The van der Waals surface area contributed by atoms with Gasteiger partial charge in [0.15, 0.2) is 0 Å². The van der Waals surface area contributed by atoms with Gasteiger partial charge in [-0.05, 0) is 44.0 Å². The van der Waals surface area contributed by atoms with Crippen LogP contribution in [0, 0.1) is 12.3 Å². The summed E-state index contributed by atoms with van der Waals surface area (Å²) in [7, 11) is -3.58. The van der Waals surface area contributed by atoms with Crippen molar-refractivity contribution >= 4 is 31.9 Å². The topological polar surface area (TPSA) is 80.5 Å². The summed E-state index contributed by atoms with van der Waals surface area (Å²) in [4.78, 5) is 11.7. The number of hydrogen-bond donors (Lipinski definition) is 1. The molecule has 0 saturated carbocycles. The lowest BCUT2D eigenvalue weighted by Gasteiger charge is -2.21. The van der Waals surface area contributed by atoms with Gasteiger partial charge in [0.25, 0.3) is 0 Å². The highest BCUT2D eigenvalue weighted by atomic mass is 79.9. The van der Waals surface area contributed by atoms with Crippen LogP contribution in [0.5, 0.6) is 0 Å². The number of amides is 1. The number of aryl methyl sites for hydroxylation is 1. The third kappa shape index (κ3) is 2.62. The largest absolute Gasteiger partial charge is 0.369 e. The third-order valence-electron chi connectivity index (χ3n) is 3.80. The van der Waals surface area contributed by atoms with Crippen molar-refractivity contribution in [2.45, 2.75) is 25.2 Å². The molecule has 5 nitrogen and oxygen atoms in total. The average Bonchev–Trinajstić information content (AvgIpc) is 2.77. The second kappa shape index (κ2) is 5.13. The molecule has 1 aromatic rings. The van der Waals surface area contributed by atoms with Crippen LogP contribution in [0.2, 0.25) is 0 Å². The lowest BCUT2D eigenvalue weighted by atomic mass is 9.89. The van der Waals surface area contributed by atoms with E-state index in [0.717, 1.165) is 10.0 Å². The SMILES string of the molecule is Cc1cc(S(=O)(=O)N2CCC(C)(C(N)=O)C2)ccc1Br. The first-order chi connectivity index (χ1) is 9.17. The first-order valence-corrected chi connectivity index (χ1v) is 8.46. The molecule has 1 saturated heterocycles. The molecule has 0 spiro atoms. The molecule has 2 rings (SSSR count). The number of halogens is 1. The van der Waals surface area contributed by atoms with Gasteiger partial charge in [-0.1, -0.05) is 15.9 Å². The highest BCUT2D eigenvalue weighted by Gasteiger charge is 2.43. The number of sulfonamides is 1. The van der Waals surface area contributed by atoms with E-state index in [4.69, 9.17) is 5.73 Å². The Morgan fingerprint density at radius 3 is 2.60 bits per heavy atom. The van der Waals surface area contributed by atoms with E-state index in [0.29, 0.717) is 13.0 Å². The van der Waals surface area contributed by atoms with Crippen LogP contribution in [0.1, 0.15) is 18.9 Å². The van der Waals surface area contributed by atoms with Crippen LogP contribution in [0.3, 0.4) is 0 Å². The molecule has 1 amide bonds. The fourth-order valence-electron chi connectivity index (χ4n) is 2.25. The molecule has 1 atom stereocenters. The van der Waals surface area contributed by atoms with Gasteiger partial charge in [-0.2, -0.15) is 4.31 Å². The summed E-state index contributed by atoms with van der Waals surface area (Å²) >= 11 is 3.35. The van der Waals surface area contributed by atoms with E-state index in [1.807, 2.05) is 6.92 Å². The molecule has 110 valence electrons. The molecule has 1 aliphatic rings. The number of hydrogen-bond acceptors (Lipinski definition) is 3. The molecule has 0 radical (unpaired) electrons. The maximum absolute atomic E-state index is 12.6. The van der Waals surface area contributed by atoms with Crippen molar-refractivity contribution in [3.63, 3.8) is 0 Å². The van der Waals surface area contributed by atoms with Gasteiger partial charge in [0, 0.05) is 17.6 Å². The molecule has 1 aliphatic heterocycles. The maximum atomic E-state index is 12.6. The molecule has 1 heterocycles. The van der Waals surface area contributed by atoms with Crippen LogP contribution in [-0.4, -0.2) is 31.7 Å². The average molecular weight is 361 g/mol. The van der Waals surface area contributed by atoms with Crippen molar-refractivity contribution in [3.8, 4) is 0 Å². The van der Waals surface area contributed by atoms with Gasteiger partial charge < -0.3 is 5.73 Å². The molecule has 20 heavy (non-hydrogen) atoms. The summed E-state index contributed by atoms with van der Waals surface area (Å²) in [5.74, 6) is -0.456. The fraction of sp³-hybridized carbons (Fsp3) is 0.462. The predicted molar refractivity (Wildman–Crippen MR) is 79.6 cm³/mol. The van der Waals surface area contributed by atoms with Crippen molar-refractivity contribution in [2.75, 3.05) is 13.1 Å². The number of rotatable bonds is 3. The summed E-state index contributed by atoms with van der Waals surface area (Å²) < 4.78 is 27.3. The molecule has 0 aliphatic carbocycles. The second-order valence-corrected chi connectivity index (χ2v) is 8.22. The van der Waals surface area contributed by atoms with Crippen LogP contribution in [0.4, 0.5) is 0 Å². The second-order valence-electron chi connectivity index (χ2n) is 5.42. The van der Waals surface area contributed by atoms with Gasteiger partial charge in [-0.3, -0.25) is 4.79 Å². The van der Waals surface area contributed by atoms with Crippen molar-refractivity contribution in [2.24, 2.45) is 11.1 Å². The zero-order valence-corrected chi connectivity index (χ0v) is 13.8. The van der Waals surface area contributed by atoms with Crippen LogP contribution in [0.25, 0.3) is 0 Å². The van der Waals surface area contributed by atoms with E-state index >= 15 is 0 Å². The van der Waals surface area contributed by atoms with Crippen LogP contribution in [0.15, 0.2) is 27.6 Å².